The van der Waals surface area contributed by atoms with Gasteiger partial charge in [-0.15, -0.1) is 0 Å². The molecule has 5 nitrogen and oxygen atoms in total. The molecule has 0 saturated heterocycles. The van der Waals surface area contributed by atoms with E-state index in [1.165, 1.54) is 10.9 Å². The second kappa shape index (κ2) is 6.00. The van der Waals surface area contributed by atoms with Crippen LogP contribution >= 0.6 is 0 Å². The lowest BCUT2D eigenvalue weighted by atomic mass is 10.1. The number of hydrogen-bond donors (Lipinski definition) is 1. The van der Waals surface area contributed by atoms with Crippen molar-refractivity contribution < 1.29 is 14.2 Å². The highest BCUT2D eigenvalue weighted by Gasteiger charge is 2.18. The average molecular weight is 324 g/mol. The third kappa shape index (κ3) is 2.62. The molecule has 1 aromatic heterocycles. The van der Waals surface area contributed by atoms with Gasteiger partial charge < -0.3 is 24.1 Å². The van der Waals surface area contributed by atoms with E-state index in [-0.39, 0.29) is 0 Å². The van der Waals surface area contributed by atoms with Gasteiger partial charge in [0.25, 0.3) is 0 Å². The van der Waals surface area contributed by atoms with Crippen LogP contribution in [-0.2, 0) is 13.6 Å². The van der Waals surface area contributed by atoms with E-state index < -0.39 is 0 Å². The van der Waals surface area contributed by atoms with Gasteiger partial charge in [0.15, 0.2) is 11.5 Å². The van der Waals surface area contributed by atoms with E-state index >= 15 is 0 Å². The van der Waals surface area contributed by atoms with Crippen LogP contribution in [0.15, 0.2) is 42.6 Å². The monoisotopic (exact) mass is 324 g/mol. The number of methoxy groups -OCH3 is 1. The topological polar surface area (TPSA) is 44.7 Å². The lowest BCUT2D eigenvalue weighted by Crippen LogP contribution is -2.16. The number of nitrogens with zero attached hydrogens (tertiary/aromatic N) is 1. The van der Waals surface area contributed by atoms with Crippen molar-refractivity contribution in [3.05, 3.63) is 48.2 Å². The Morgan fingerprint density at radius 3 is 2.88 bits per heavy atom. The van der Waals surface area contributed by atoms with E-state index in [4.69, 9.17) is 14.2 Å². The van der Waals surface area contributed by atoms with Crippen LogP contribution in [0.3, 0.4) is 0 Å². The molecule has 0 saturated carbocycles. The molecule has 0 atom stereocenters. The molecule has 3 aromatic rings. The number of ether oxygens (including phenoxy) is 3. The molecule has 2 aromatic carbocycles. The molecule has 1 N–H and O–H groups in total. The largest absolute Gasteiger partial charge is 0.493 e. The van der Waals surface area contributed by atoms with Gasteiger partial charge in [-0.2, -0.15) is 0 Å². The Morgan fingerprint density at radius 1 is 1.12 bits per heavy atom. The van der Waals surface area contributed by atoms with Gasteiger partial charge in [0, 0.05) is 31.0 Å². The summed E-state index contributed by atoms with van der Waals surface area (Å²) in [6.45, 7) is 1.80. The first-order valence-electron chi connectivity index (χ1n) is 8.00. The molecule has 0 radical (unpaired) electrons. The van der Waals surface area contributed by atoms with Crippen molar-refractivity contribution >= 4 is 16.6 Å². The number of anilines is 1. The van der Waals surface area contributed by atoms with Crippen molar-refractivity contribution in [3.8, 4) is 17.2 Å². The molecule has 1 aliphatic rings. The third-order valence-corrected chi connectivity index (χ3v) is 4.27. The normalized spacial score (nSPS) is 13.1. The zero-order valence-electron chi connectivity index (χ0n) is 13.8. The van der Waals surface area contributed by atoms with E-state index in [2.05, 4.69) is 47.4 Å². The minimum atomic E-state index is 0.553. The van der Waals surface area contributed by atoms with Crippen LogP contribution in [0.1, 0.15) is 5.56 Å². The molecule has 0 bridgehead atoms. The summed E-state index contributed by atoms with van der Waals surface area (Å²) >= 11 is 0. The maximum atomic E-state index is 5.69. The summed E-state index contributed by atoms with van der Waals surface area (Å²) in [5.74, 6) is 2.15. The van der Waals surface area contributed by atoms with Gasteiger partial charge in [-0.25, -0.2) is 0 Å². The van der Waals surface area contributed by atoms with Crippen LogP contribution in [0.5, 0.6) is 17.2 Å². The number of fused-ring (bicyclic) bond motifs is 2. The second-order valence-electron chi connectivity index (χ2n) is 5.88. The molecule has 0 spiro atoms. The van der Waals surface area contributed by atoms with Gasteiger partial charge in [0.05, 0.1) is 7.11 Å². The Bertz CT molecular complexity index is 868. The van der Waals surface area contributed by atoms with Crippen LogP contribution < -0.4 is 19.5 Å². The van der Waals surface area contributed by atoms with E-state index in [1.54, 1.807) is 7.11 Å². The molecule has 24 heavy (non-hydrogen) atoms. The predicted molar refractivity (Wildman–Crippen MR) is 94.2 cm³/mol. The maximum Gasteiger partial charge on any atom is 0.203 e. The predicted octanol–water partition coefficient (Wildman–Crippen LogP) is 3.57. The first-order chi connectivity index (χ1) is 11.7. The van der Waals surface area contributed by atoms with Crippen LogP contribution in [0.25, 0.3) is 10.9 Å². The third-order valence-electron chi connectivity index (χ3n) is 4.27. The summed E-state index contributed by atoms with van der Waals surface area (Å²) in [6, 6.07) is 12.5. The van der Waals surface area contributed by atoms with Gasteiger partial charge in [-0.1, -0.05) is 6.07 Å². The molecular formula is C19H20N2O3. The zero-order valence-corrected chi connectivity index (χ0v) is 13.8. The number of hydrogen-bond acceptors (Lipinski definition) is 4. The fourth-order valence-electron chi connectivity index (χ4n) is 3.01. The van der Waals surface area contributed by atoms with Crippen molar-refractivity contribution in [2.45, 2.75) is 6.54 Å². The van der Waals surface area contributed by atoms with Gasteiger partial charge >= 0.3 is 0 Å². The average Bonchev–Trinajstić information content (AvgIpc) is 3.00. The van der Waals surface area contributed by atoms with E-state index in [9.17, 15) is 0 Å². The number of aromatic nitrogens is 1. The molecular weight excluding hydrogens is 304 g/mol. The SMILES string of the molecule is COc1cc(CNc2ccc3ccn(C)c3c2)cc2c1OCCO2. The van der Waals surface area contributed by atoms with Gasteiger partial charge in [-0.05, 0) is 41.3 Å². The molecule has 0 unspecified atom stereocenters. The van der Waals surface area contributed by atoms with Crippen LogP contribution in [-0.4, -0.2) is 24.9 Å². The molecule has 2 heterocycles. The molecule has 0 aliphatic carbocycles. The quantitative estimate of drug-likeness (QED) is 0.797. The number of benzene rings is 2. The minimum Gasteiger partial charge on any atom is -0.493 e. The fourth-order valence-corrected chi connectivity index (χ4v) is 3.01. The van der Waals surface area contributed by atoms with E-state index in [0.29, 0.717) is 31.3 Å². The molecule has 124 valence electrons. The minimum absolute atomic E-state index is 0.553. The Hall–Kier alpha value is -2.82. The van der Waals surface area contributed by atoms with Crippen molar-refractivity contribution in [2.75, 3.05) is 25.6 Å². The maximum absolute atomic E-state index is 5.69. The van der Waals surface area contributed by atoms with Crippen molar-refractivity contribution in [3.63, 3.8) is 0 Å². The van der Waals surface area contributed by atoms with Crippen molar-refractivity contribution in [1.29, 1.82) is 0 Å². The second-order valence-corrected chi connectivity index (χ2v) is 5.88. The summed E-state index contributed by atoms with van der Waals surface area (Å²) in [4.78, 5) is 0. The van der Waals surface area contributed by atoms with Crippen molar-refractivity contribution in [2.24, 2.45) is 7.05 Å². The smallest absolute Gasteiger partial charge is 0.203 e. The molecule has 4 rings (SSSR count). The van der Waals surface area contributed by atoms with Gasteiger partial charge in [-0.3, -0.25) is 0 Å². The lowest BCUT2D eigenvalue weighted by molar-refractivity contribution is 0.165. The standard InChI is InChI=1S/C19H20N2O3/c1-21-6-5-14-3-4-15(11-16(14)21)20-12-13-9-17(22-2)19-18(10-13)23-7-8-24-19/h3-6,9-11,20H,7-8,12H2,1-2H3. The lowest BCUT2D eigenvalue weighted by Gasteiger charge is -2.21. The fraction of sp³-hybridized carbons (Fsp3) is 0.263. The van der Waals surface area contributed by atoms with Crippen LogP contribution in [0.2, 0.25) is 0 Å². The van der Waals surface area contributed by atoms with Gasteiger partial charge in [0.1, 0.15) is 13.2 Å². The summed E-state index contributed by atoms with van der Waals surface area (Å²) in [6.07, 6.45) is 2.07. The Morgan fingerprint density at radius 2 is 2.00 bits per heavy atom. The highest BCUT2D eigenvalue weighted by molar-refractivity contribution is 5.83. The highest BCUT2D eigenvalue weighted by Crippen LogP contribution is 2.40. The molecule has 1 aliphatic heterocycles. The number of aryl methyl sites for hydroxylation is 1. The first kappa shape index (κ1) is 14.8. The highest BCUT2D eigenvalue weighted by atomic mass is 16.6. The van der Waals surface area contributed by atoms with E-state index in [0.717, 1.165) is 17.0 Å². The van der Waals surface area contributed by atoms with Gasteiger partial charge in [0.2, 0.25) is 5.75 Å². The van der Waals surface area contributed by atoms with Crippen LogP contribution in [0, 0.1) is 0 Å². The van der Waals surface area contributed by atoms with Crippen LogP contribution in [0.4, 0.5) is 5.69 Å². The summed E-state index contributed by atoms with van der Waals surface area (Å²) in [5.41, 5.74) is 3.38. The first-order valence-corrected chi connectivity index (χ1v) is 8.00. The molecule has 0 fully saturated rings. The molecule has 5 heteroatoms. The molecule has 0 amide bonds. The summed E-state index contributed by atoms with van der Waals surface area (Å²) < 4.78 is 18.9. The Labute approximate surface area is 140 Å². The Balaban J connectivity index is 1.57. The van der Waals surface area contributed by atoms with E-state index in [1.807, 2.05) is 12.1 Å². The number of rotatable bonds is 4. The number of nitrogens with one attached hydrogen (secondary N) is 1. The van der Waals surface area contributed by atoms with Crippen molar-refractivity contribution in [1.82, 2.24) is 4.57 Å². The Kier molecular flexibility index (Phi) is 3.69. The zero-order chi connectivity index (χ0) is 16.5. The summed E-state index contributed by atoms with van der Waals surface area (Å²) in [5, 5.41) is 4.70. The summed E-state index contributed by atoms with van der Waals surface area (Å²) in [7, 11) is 3.70.